The van der Waals surface area contributed by atoms with Crippen molar-refractivity contribution < 1.29 is 56.8 Å². The third-order valence-electron chi connectivity index (χ3n) is 11.3. The van der Waals surface area contributed by atoms with Gasteiger partial charge in [0.25, 0.3) is 10.1 Å². The van der Waals surface area contributed by atoms with Gasteiger partial charge in [0, 0.05) is 12.8 Å². The number of hydrogen-bond acceptors (Lipinski definition) is 11. The lowest BCUT2D eigenvalue weighted by Crippen LogP contribution is -2.60. The van der Waals surface area contributed by atoms with Crippen molar-refractivity contribution >= 4 is 22.1 Å². The third kappa shape index (κ3) is 32.1. The molecule has 1 saturated heterocycles. The summed E-state index contributed by atoms with van der Waals surface area (Å²) in [4.78, 5) is 25.4. The molecule has 60 heavy (non-hydrogen) atoms. The second kappa shape index (κ2) is 37.9. The lowest BCUT2D eigenvalue weighted by Gasteiger charge is -2.40. The van der Waals surface area contributed by atoms with E-state index in [1.165, 1.54) is 122 Å². The number of aliphatic hydroxyl groups is 3. The molecule has 0 aromatic carbocycles. The highest BCUT2D eigenvalue weighted by Crippen LogP contribution is 2.24. The predicted molar refractivity (Wildman–Crippen MR) is 238 cm³/mol. The van der Waals surface area contributed by atoms with Crippen LogP contribution in [0.25, 0.3) is 0 Å². The fourth-order valence-electron chi connectivity index (χ4n) is 7.54. The van der Waals surface area contributed by atoms with Crippen molar-refractivity contribution in [1.82, 2.24) is 0 Å². The molecular weight excluding hydrogens is 789 g/mol. The Morgan fingerprint density at radius 3 is 1.43 bits per heavy atom. The maximum absolute atomic E-state index is 12.8. The molecule has 2 unspecified atom stereocenters. The standard InChI is InChI=1S/C47H88O12S/c1-3-5-7-9-11-13-15-16-17-18-19-20-21-22-23-24-26-27-29-31-33-35-42(48)56-37-40(58-43(49)36-34-32-30-28-25-14-12-10-8-6-4-2)38-57-47-46(52)45(51)44(50)41(59-47)39-60(53,54)55/h10,12,40-41,44-47,50-52H,3-9,11,13-39H2,1-2H3,(H,53,54,55)/b12-10+/t40-,41-,44-,45?,46?,47+/m1/s1. The van der Waals surface area contributed by atoms with Crippen LogP contribution >= 0.6 is 0 Å². The molecule has 1 aliphatic rings. The maximum atomic E-state index is 12.8. The lowest BCUT2D eigenvalue weighted by atomic mass is 10.00. The van der Waals surface area contributed by atoms with Crippen molar-refractivity contribution in [2.75, 3.05) is 19.0 Å². The first-order chi connectivity index (χ1) is 29.0. The number of ether oxygens (including phenoxy) is 4. The summed E-state index contributed by atoms with van der Waals surface area (Å²) in [6.07, 6.45) is 31.3. The number of carbonyl (C=O) groups is 2. The minimum Gasteiger partial charge on any atom is -0.462 e. The van der Waals surface area contributed by atoms with E-state index in [-0.39, 0.29) is 19.4 Å². The zero-order valence-corrected chi connectivity index (χ0v) is 38.6. The Bertz CT molecular complexity index is 1170. The highest BCUT2D eigenvalue weighted by atomic mass is 32.2. The average Bonchev–Trinajstić information content (AvgIpc) is 3.21. The zero-order valence-electron chi connectivity index (χ0n) is 37.8. The number of hydrogen-bond donors (Lipinski definition) is 4. The molecule has 13 heteroatoms. The number of unbranched alkanes of at least 4 members (excludes halogenated alkanes) is 27. The van der Waals surface area contributed by atoms with Crippen molar-refractivity contribution in [3.63, 3.8) is 0 Å². The van der Waals surface area contributed by atoms with Crippen LogP contribution in [0.3, 0.4) is 0 Å². The molecule has 0 radical (unpaired) electrons. The minimum atomic E-state index is -4.60. The van der Waals surface area contributed by atoms with E-state index in [1.807, 2.05) is 0 Å². The Labute approximate surface area is 365 Å². The van der Waals surface area contributed by atoms with Gasteiger partial charge in [-0.15, -0.1) is 0 Å². The van der Waals surface area contributed by atoms with Gasteiger partial charge in [-0.25, -0.2) is 0 Å². The van der Waals surface area contributed by atoms with Gasteiger partial charge in [0.05, 0.1) is 6.61 Å². The Morgan fingerprint density at radius 2 is 0.967 bits per heavy atom. The topological polar surface area (TPSA) is 186 Å². The molecule has 0 aromatic rings. The second-order valence-corrected chi connectivity index (χ2v) is 18.6. The molecule has 4 N–H and O–H groups in total. The number of carbonyl (C=O) groups excluding carboxylic acids is 2. The second-order valence-electron chi connectivity index (χ2n) is 17.1. The average molecular weight is 877 g/mol. The Hall–Kier alpha value is -1.61. The fraction of sp³-hybridized carbons (Fsp3) is 0.915. The van der Waals surface area contributed by atoms with E-state index < -0.39 is 71.2 Å². The van der Waals surface area contributed by atoms with Crippen LogP contribution in [0.5, 0.6) is 0 Å². The number of aliphatic hydroxyl groups excluding tert-OH is 3. The van der Waals surface area contributed by atoms with Crippen molar-refractivity contribution in [3.05, 3.63) is 12.2 Å². The molecule has 354 valence electrons. The van der Waals surface area contributed by atoms with Crippen molar-refractivity contribution in [2.24, 2.45) is 0 Å². The molecule has 12 nitrogen and oxygen atoms in total. The van der Waals surface area contributed by atoms with E-state index in [9.17, 15) is 37.9 Å². The summed E-state index contributed by atoms with van der Waals surface area (Å²) < 4.78 is 54.1. The van der Waals surface area contributed by atoms with Gasteiger partial charge in [-0.1, -0.05) is 187 Å². The summed E-state index contributed by atoms with van der Waals surface area (Å²) in [5, 5.41) is 30.9. The van der Waals surface area contributed by atoms with Gasteiger partial charge < -0.3 is 34.3 Å². The molecule has 0 saturated carbocycles. The third-order valence-corrected chi connectivity index (χ3v) is 12.1. The highest BCUT2D eigenvalue weighted by molar-refractivity contribution is 7.85. The van der Waals surface area contributed by atoms with Crippen LogP contribution in [0.15, 0.2) is 12.2 Å². The van der Waals surface area contributed by atoms with Crippen LogP contribution in [0.1, 0.15) is 219 Å². The largest absolute Gasteiger partial charge is 0.462 e. The Morgan fingerprint density at radius 1 is 0.550 bits per heavy atom. The van der Waals surface area contributed by atoms with Crippen LogP contribution < -0.4 is 0 Å². The normalized spacial score (nSPS) is 20.1. The highest BCUT2D eigenvalue weighted by Gasteiger charge is 2.46. The van der Waals surface area contributed by atoms with E-state index >= 15 is 0 Å². The molecule has 6 atom stereocenters. The van der Waals surface area contributed by atoms with Crippen LogP contribution in [0.4, 0.5) is 0 Å². The molecule has 0 aliphatic carbocycles. The van der Waals surface area contributed by atoms with Gasteiger partial charge in [0.2, 0.25) is 0 Å². The first-order valence-corrected chi connectivity index (χ1v) is 25.9. The number of allylic oxidation sites excluding steroid dienone is 2. The van der Waals surface area contributed by atoms with Gasteiger partial charge >= 0.3 is 11.9 Å². The van der Waals surface area contributed by atoms with Crippen LogP contribution in [0.2, 0.25) is 0 Å². The van der Waals surface area contributed by atoms with Gasteiger partial charge in [-0.3, -0.25) is 14.1 Å². The molecular formula is C47H88O12S. The van der Waals surface area contributed by atoms with Crippen molar-refractivity contribution in [1.29, 1.82) is 0 Å². The lowest BCUT2D eigenvalue weighted by molar-refractivity contribution is -0.297. The molecule has 0 aromatic heterocycles. The first-order valence-electron chi connectivity index (χ1n) is 24.2. The van der Waals surface area contributed by atoms with E-state index in [0.29, 0.717) is 12.8 Å². The summed E-state index contributed by atoms with van der Waals surface area (Å²) in [6, 6.07) is 0. The quantitative estimate of drug-likeness (QED) is 0.0197. The predicted octanol–water partition coefficient (Wildman–Crippen LogP) is 10.2. The van der Waals surface area contributed by atoms with Crippen LogP contribution in [0, 0.1) is 0 Å². The molecule has 0 amide bonds. The van der Waals surface area contributed by atoms with E-state index in [4.69, 9.17) is 18.9 Å². The van der Waals surface area contributed by atoms with Crippen LogP contribution in [-0.4, -0.2) is 96.0 Å². The maximum Gasteiger partial charge on any atom is 0.306 e. The van der Waals surface area contributed by atoms with Gasteiger partial charge in [0.1, 0.15) is 36.8 Å². The summed E-state index contributed by atoms with van der Waals surface area (Å²) >= 11 is 0. The van der Waals surface area contributed by atoms with E-state index in [2.05, 4.69) is 26.0 Å². The monoisotopic (exact) mass is 877 g/mol. The van der Waals surface area contributed by atoms with Crippen molar-refractivity contribution in [2.45, 2.75) is 256 Å². The molecule has 1 aliphatic heterocycles. The minimum absolute atomic E-state index is 0.157. The molecule has 1 fully saturated rings. The van der Waals surface area contributed by atoms with Gasteiger partial charge in [0.15, 0.2) is 12.4 Å². The Balaban J connectivity index is 2.34. The molecule has 1 rings (SSSR count). The number of rotatable bonds is 41. The Kier molecular flexibility index (Phi) is 35.6. The first kappa shape index (κ1) is 56.4. The fourth-order valence-corrected chi connectivity index (χ4v) is 8.23. The van der Waals surface area contributed by atoms with E-state index in [0.717, 1.165) is 57.8 Å². The van der Waals surface area contributed by atoms with Gasteiger partial charge in [-0.2, -0.15) is 8.42 Å². The molecule has 0 spiro atoms. The summed E-state index contributed by atoms with van der Waals surface area (Å²) in [7, 11) is -4.60. The van der Waals surface area contributed by atoms with Gasteiger partial charge in [-0.05, 0) is 32.1 Å². The zero-order chi connectivity index (χ0) is 44.1. The summed E-state index contributed by atoms with van der Waals surface area (Å²) in [6.45, 7) is 3.73. The summed E-state index contributed by atoms with van der Waals surface area (Å²) in [5.74, 6) is -1.98. The molecule has 0 bridgehead atoms. The van der Waals surface area contributed by atoms with Crippen LogP contribution in [-0.2, 0) is 38.7 Å². The summed E-state index contributed by atoms with van der Waals surface area (Å²) in [5.41, 5.74) is 0. The number of esters is 2. The molecule has 1 heterocycles. The van der Waals surface area contributed by atoms with Crippen molar-refractivity contribution in [3.8, 4) is 0 Å². The smallest absolute Gasteiger partial charge is 0.306 e. The SMILES string of the molecule is CCCC/C=C/CCCCCCCC(=O)O[C@H](COC(=O)CCCCCCCCCCCCCCCCCCCCCCC)CO[C@H]1O[C@H](CS(=O)(=O)O)[C@@H](O)C(O)C1O. The van der Waals surface area contributed by atoms with E-state index in [1.54, 1.807) is 0 Å².